The number of carbonyl (C=O) groups excluding carboxylic acids is 2. The second kappa shape index (κ2) is 7.48. The third-order valence-electron chi connectivity index (χ3n) is 2.39. The number of nitrogens with two attached hydrogens (primary N) is 1. The molecular weight excluding hydrogens is 264 g/mol. The van der Waals surface area contributed by atoms with Crippen molar-refractivity contribution in [1.82, 2.24) is 5.32 Å². The van der Waals surface area contributed by atoms with Crippen LogP contribution >= 0.6 is 12.2 Å². The fourth-order valence-electron chi connectivity index (χ4n) is 1.56. The molecule has 6 heteroatoms. The molecule has 3 N–H and O–H groups in total. The number of ether oxygens (including phenoxy) is 1. The van der Waals surface area contributed by atoms with Crippen LogP contribution < -0.4 is 11.1 Å². The number of hydrogen-bond donors (Lipinski definition) is 2. The summed E-state index contributed by atoms with van der Waals surface area (Å²) in [6.07, 6.45) is 0. The van der Waals surface area contributed by atoms with Gasteiger partial charge in [-0.05, 0) is 12.5 Å². The first-order valence-electron chi connectivity index (χ1n) is 5.83. The molecule has 1 aromatic carbocycles. The molecule has 0 aliphatic carbocycles. The molecule has 19 heavy (non-hydrogen) atoms. The van der Waals surface area contributed by atoms with Crippen LogP contribution in [0.15, 0.2) is 30.3 Å². The SMILES string of the molecule is CCOC(=O)CNC(=O)C(C(N)=S)c1ccccc1. The highest BCUT2D eigenvalue weighted by molar-refractivity contribution is 7.80. The Kier molecular flexibility index (Phi) is 5.95. The van der Waals surface area contributed by atoms with Gasteiger partial charge in [0.1, 0.15) is 12.5 Å². The lowest BCUT2D eigenvalue weighted by Gasteiger charge is -2.15. The quantitative estimate of drug-likeness (QED) is 0.593. The van der Waals surface area contributed by atoms with E-state index >= 15 is 0 Å². The smallest absolute Gasteiger partial charge is 0.325 e. The Morgan fingerprint density at radius 3 is 2.53 bits per heavy atom. The summed E-state index contributed by atoms with van der Waals surface area (Å²) in [5, 5.41) is 2.47. The average Bonchev–Trinajstić information content (AvgIpc) is 2.38. The molecule has 0 heterocycles. The van der Waals surface area contributed by atoms with Gasteiger partial charge in [-0.15, -0.1) is 0 Å². The molecule has 0 fully saturated rings. The molecule has 1 rings (SSSR count). The van der Waals surface area contributed by atoms with E-state index < -0.39 is 17.8 Å². The van der Waals surface area contributed by atoms with E-state index in [1.54, 1.807) is 31.2 Å². The van der Waals surface area contributed by atoms with Gasteiger partial charge < -0.3 is 15.8 Å². The molecule has 0 saturated heterocycles. The van der Waals surface area contributed by atoms with Gasteiger partial charge in [-0.1, -0.05) is 42.5 Å². The van der Waals surface area contributed by atoms with Gasteiger partial charge in [-0.3, -0.25) is 9.59 Å². The van der Waals surface area contributed by atoms with Gasteiger partial charge in [0.05, 0.1) is 11.6 Å². The zero-order chi connectivity index (χ0) is 14.3. The van der Waals surface area contributed by atoms with E-state index in [2.05, 4.69) is 5.32 Å². The number of nitrogens with one attached hydrogen (secondary N) is 1. The van der Waals surface area contributed by atoms with Crippen molar-refractivity contribution in [2.45, 2.75) is 12.8 Å². The van der Waals surface area contributed by atoms with Crippen molar-refractivity contribution in [1.29, 1.82) is 0 Å². The molecule has 0 spiro atoms. The Labute approximate surface area is 117 Å². The standard InChI is InChI=1S/C13H16N2O3S/c1-2-18-10(16)8-15-13(17)11(12(14)19)9-6-4-3-5-7-9/h3-7,11H,2,8H2,1H3,(H2,14,19)(H,15,17). The van der Waals surface area contributed by atoms with Crippen LogP contribution in [0.1, 0.15) is 18.4 Å². The first kappa shape index (κ1) is 15.1. The van der Waals surface area contributed by atoms with E-state index in [1.165, 1.54) is 0 Å². The van der Waals surface area contributed by atoms with Crippen LogP contribution in [0, 0.1) is 0 Å². The first-order valence-corrected chi connectivity index (χ1v) is 6.24. The van der Waals surface area contributed by atoms with Crippen LogP contribution in [0.25, 0.3) is 0 Å². The molecular formula is C13H16N2O3S. The molecule has 0 aromatic heterocycles. The molecule has 102 valence electrons. The average molecular weight is 280 g/mol. The number of esters is 1. The van der Waals surface area contributed by atoms with Crippen molar-refractivity contribution in [3.05, 3.63) is 35.9 Å². The Bertz CT molecular complexity index is 462. The Morgan fingerprint density at radius 2 is 2.00 bits per heavy atom. The topological polar surface area (TPSA) is 81.4 Å². The maximum Gasteiger partial charge on any atom is 0.325 e. The van der Waals surface area contributed by atoms with E-state index in [-0.39, 0.29) is 18.1 Å². The van der Waals surface area contributed by atoms with Gasteiger partial charge in [-0.2, -0.15) is 0 Å². The normalized spacial score (nSPS) is 11.4. The van der Waals surface area contributed by atoms with Gasteiger partial charge >= 0.3 is 5.97 Å². The monoisotopic (exact) mass is 280 g/mol. The Hall–Kier alpha value is -1.95. The van der Waals surface area contributed by atoms with Crippen molar-refractivity contribution < 1.29 is 14.3 Å². The van der Waals surface area contributed by atoms with Crippen LogP contribution in [-0.4, -0.2) is 30.0 Å². The zero-order valence-electron chi connectivity index (χ0n) is 10.6. The van der Waals surface area contributed by atoms with Crippen molar-refractivity contribution in [2.75, 3.05) is 13.2 Å². The van der Waals surface area contributed by atoms with Crippen LogP contribution in [0.5, 0.6) is 0 Å². The maximum absolute atomic E-state index is 12.0. The van der Waals surface area contributed by atoms with Gasteiger partial charge in [0.15, 0.2) is 0 Å². The van der Waals surface area contributed by atoms with Gasteiger partial charge in [0, 0.05) is 0 Å². The Balaban J connectivity index is 2.70. The van der Waals surface area contributed by atoms with Gasteiger partial charge in [-0.25, -0.2) is 0 Å². The van der Waals surface area contributed by atoms with Crippen LogP contribution in [-0.2, 0) is 14.3 Å². The van der Waals surface area contributed by atoms with Crippen molar-refractivity contribution in [2.24, 2.45) is 5.73 Å². The lowest BCUT2D eigenvalue weighted by Crippen LogP contribution is -2.39. The van der Waals surface area contributed by atoms with E-state index in [4.69, 9.17) is 22.7 Å². The number of amides is 1. The number of thiocarbonyl (C=S) groups is 1. The predicted molar refractivity (Wildman–Crippen MR) is 75.6 cm³/mol. The summed E-state index contributed by atoms with van der Waals surface area (Å²) in [7, 11) is 0. The number of benzene rings is 1. The molecule has 5 nitrogen and oxygen atoms in total. The van der Waals surface area contributed by atoms with Crippen molar-refractivity contribution in [3.8, 4) is 0 Å². The highest BCUT2D eigenvalue weighted by Crippen LogP contribution is 2.15. The molecule has 1 aromatic rings. The minimum absolute atomic E-state index is 0.0626. The van der Waals surface area contributed by atoms with E-state index in [9.17, 15) is 9.59 Å². The lowest BCUT2D eigenvalue weighted by molar-refractivity contribution is -0.143. The van der Waals surface area contributed by atoms with Gasteiger partial charge in [0.25, 0.3) is 0 Å². The second-order valence-electron chi connectivity index (χ2n) is 3.77. The fourth-order valence-corrected chi connectivity index (χ4v) is 1.81. The summed E-state index contributed by atoms with van der Waals surface area (Å²) in [5.74, 6) is -1.65. The summed E-state index contributed by atoms with van der Waals surface area (Å²) in [4.78, 5) is 23.2. The third kappa shape index (κ3) is 4.67. The zero-order valence-corrected chi connectivity index (χ0v) is 11.4. The summed E-state index contributed by atoms with van der Waals surface area (Å²) in [6.45, 7) is 1.77. The van der Waals surface area contributed by atoms with Crippen molar-refractivity contribution in [3.63, 3.8) is 0 Å². The summed E-state index contributed by atoms with van der Waals surface area (Å²) in [6, 6.07) is 8.93. The molecule has 0 aliphatic heterocycles. The first-order chi connectivity index (χ1) is 9.06. The number of carbonyl (C=O) groups is 2. The van der Waals surface area contributed by atoms with Gasteiger partial charge in [0.2, 0.25) is 5.91 Å². The maximum atomic E-state index is 12.0. The number of hydrogen-bond acceptors (Lipinski definition) is 4. The fraction of sp³-hybridized carbons (Fsp3) is 0.308. The minimum Gasteiger partial charge on any atom is -0.465 e. The summed E-state index contributed by atoms with van der Waals surface area (Å²) in [5.41, 5.74) is 6.28. The van der Waals surface area contributed by atoms with Crippen molar-refractivity contribution >= 4 is 29.1 Å². The van der Waals surface area contributed by atoms with E-state index in [0.717, 1.165) is 0 Å². The van der Waals surface area contributed by atoms with E-state index in [1.807, 2.05) is 6.07 Å². The highest BCUT2D eigenvalue weighted by Gasteiger charge is 2.23. The van der Waals surface area contributed by atoms with Crippen LogP contribution in [0.3, 0.4) is 0 Å². The lowest BCUT2D eigenvalue weighted by atomic mass is 9.98. The molecule has 1 atom stereocenters. The van der Waals surface area contributed by atoms with Crippen LogP contribution in [0.4, 0.5) is 0 Å². The largest absolute Gasteiger partial charge is 0.465 e. The van der Waals surface area contributed by atoms with Crippen LogP contribution in [0.2, 0.25) is 0 Å². The second-order valence-corrected chi connectivity index (χ2v) is 4.24. The molecule has 0 saturated carbocycles. The molecule has 0 aliphatic rings. The number of rotatable bonds is 6. The highest BCUT2D eigenvalue weighted by atomic mass is 32.1. The predicted octanol–water partition coefficient (Wildman–Crippen LogP) is 0.736. The van der Waals surface area contributed by atoms with E-state index in [0.29, 0.717) is 5.56 Å². The minimum atomic E-state index is -0.745. The Morgan fingerprint density at radius 1 is 1.37 bits per heavy atom. The molecule has 0 bridgehead atoms. The molecule has 1 unspecified atom stereocenters. The summed E-state index contributed by atoms with van der Waals surface area (Å²) >= 11 is 4.91. The third-order valence-corrected chi connectivity index (χ3v) is 2.63. The molecule has 1 amide bonds. The summed E-state index contributed by atoms with van der Waals surface area (Å²) < 4.78 is 4.72. The molecule has 0 radical (unpaired) electrons.